The third kappa shape index (κ3) is 4.67. The molecule has 1 aromatic rings. The van der Waals surface area contributed by atoms with Crippen molar-refractivity contribution in [1.29, 1.82) is 0 Å². The molecule has 2 N–H and O–H groups in total. The molecule has 0 spiro atoms. The predicted octanol–water partition coefficient (Wildman–Crippen LogP) is 2.04. The fraction of sp³-hybridized carbons (Fsp3) is 0.643. The summed E-state index contributed by atoms with van der Waals surface area (Å²) in [7, 11) is 0. The molecule has 0 saturated carbocycles. The van der Waals surface area contributed by atoms with Crippen molar-refractivity contribution >= 4 is 17.7 Å². The normalized spacial score (nSPS) is 10.8. The Hall–Kier alpha value is -1.30. The van der Waals surface area contributed by atoms with Crippen molar-refractivity contribution in [3.8, 4) is 0 Å². The molecular formula is C14H23N3O2S. The zero-order chi connectivity index (χ0) is 15.1. The van der Waals surface area contributed by atoms with E-state index in [4.69, 9.17) is 0 Å². The first-order chi connectivity index (χ1) is 9.51. The van der Waals surface area contributed by atoms with E-state index in [1.54, 1.807) is 0 Å². The van der Waals surface area contributed by atoms with Crippen molar-refractivity contribution in [3.05, 3.63) is 21.6 Å². The molecule has 0 aliphatic carbocycles. The Kier molecular flexibility index (Phi) is 6.78. The van der Waals surface area contributed by atoms with Gasteiger partial charge in [0.2, 0.25) is 5.91 Å². The van der Waals surface area contributed by atoms with E-state index < -0.39 is 0 Å². The number of aromatic amines is 1. The first-order valence-corrected chi connectivity index (χ1v) is 8.17. The van der Waals surface area contributed by atoms with Crippen LogP contribution in [-0.4, -0.2) is 28.2 Å². The number of rotatable bonds is 7. The number of amides is 1. The number of carbonyl (C=O) groups excluding carboxylic acids is 1. The molecule has 1 rings (SSSR count). The number of aryl methyl sites for hydroxylation is 1. The summed E-state index contributed by atoms with van der Waals surface area (Å²) < 4.78 is 0. The van der Waals surface area contributed by atoms with Gasteiger partial charge in [-0.3, -0.25) is 9.59 Å². The van der Waals surface area contributed by atoms with Crippen molar-refractivity contribution < 1.29 is 4.79 Å². The van der Waals surface area contributed by atoms with Gasteiger partial charge in [-0.1, -0.05) is 25.6 Å². The van der Waals surface area contributed by atoms with Gasteiger partial charge < -0.3 is 10.3 Å². The van der Waals surface area contributed by atoms with Crippen LogP contribution >= 0.6 is 11.8 Å². The van der Waals surface area contributed by atoms with Crippen LogP contribution in [-0.2, 0) is 11.2 Å². The van der Waals surface area contributed by atoms with Crippen LogP contribution in [0.15, 0.2) is 9.95 Å². The topological polar surface area (TPSA) is 74.8 Å². The molecule has 0 bridgehead atoms. The molecule has 6 heteroatoms. The number of nitrogens with one attached hydrogen (secondary N) is 2. The molecule has 0 aromatic carbocycles. The van der Waals surface area contributed by atoms with Crippen LogP contribution in [0.1, 0.15) is 44.4 Å². The smallest absolute Gasteiger partial charge is 0.254 e. The summed E-state index contributed by atoms with van der Waals surface area (Å²) in [5.74, 6) is -0.00792. The van der Waals surface area contributed by atoms with Gasteiger partial charge in [0, 0.05) is 23.7 Å². The third-order valence-electron chi connectivity index (χ3n) is 3.35. The number of carbonyl (C=O) groups is 1. The summed E-state index contributed by atoms with van der Waals surface area (Å²) in [6, 6.07) is 0.221. The lowest BCUT2D eigenvalue weighted by Gasteiger charge is -2.14. The maximum absolute atomic E-state index is 11.9. The van der Waals surface area contributed by atoms with Gasteiger partial charge in [-0.05, 0) is 32.4 Å². The lowest BCUT2D eigenvalue weighted by Crippen LogP contribution is -2.34. The molecule has 0 saturated heterocycles. The highest BCUT2D eigenvalue weighted by molar-refractivity contribution is 7.98. The van der Waals surface area contributed by atoms with Crippen molar-refractivity contribution in [3.63, 3.8) is 0 Å². The summed E-state index contributed by atoms with van der Waals surface area (Å²) in [6.45, 7) is 5.91. The molecule has 0 fully saturated rings. The van der Waals surface area contributed by atoms with Crippen molar-refractivity contribution in [2.24, 2.45) is 0 Å². The van der Waals surface area contributed by atoms with Crippen LogP contribution in [0.5, 0.6) is 0 Å². The highest BCUT2D eigenvalue weighted by Gasteiger charge is 2.12. The largest absolute Gasteiger partial charge is 0.353 e. The summed E-state index contributed by atoms with van der Waals surface area (Å²) in [4.78, 5) is 30.8. The van der Waals surface area contributed by atoms with Gasteiger partial charge >= 0.3 is 0 Å². The van der Waals surface area contributed by atoms with Crippen LogP contribution in [0.3, 0.4) is 0 Å². The second-order valence-electron chi connectivity index (χ2n) is 4.72. The number of hydrogen-bond acceptors (Lipinski definition) is 4. The Bertz CT molecular complexity index is 510. The number of hydrogen-bond donors (Lipinski definition) is 2. The minimum Gasteiger partial charge on any atom is -0.353 e. The molecule has 0 aliphatic rings. The fourth-order valence-electron chi connectivity index (χ4n) is 2.01. The zero-order valence-corrected chi connectivity index (χ0v) is 13.4. The van der Waals surface area contributed by atoms with Crippen molar-refractivity contribution in [1.82, 2.24) is 15.3 Å². The number of thioether (sulfide) groups is 1. The predicted molar refractivity (Wildman–Crippen MR) is 82.2 cm³/mol. The van der Waals surface area contributed by atoms with Crippen molar-refractivity contribution in [2.75, 3.05) is 6.26 Å². The van der Waals surface area contributed by atoms with E-state index >= 15 is 0 Å². The highest BCUT2D eigenvalue weighted by Crippen LogP contribution is 2.09. The SMILES string of the molecule is CCC(CC)NC(=O)CCc1c(C)nc(SC)[nH]c1=O. The third-order valence-corrected chi connectivity index (χ3v) is 3.93. The average Bonchev–Trinajstić information content (AvgIpc) is 2.43. The Morgan fingerprint density at radius 3 is 2.55 bits per heavy atom. The second-order valence-corrected chi connectivity index (χ2v) is 5.52. The van der Waals surface area contributed by atoms with E-state index in [-0.39, 0.29) is 17.5 Å². The van der Waals surface area contributed by atoms with Crippen LogP contribution in [0.2, 0.25) is 0 Å². The molecule has 5 nitrogen and oxygen atoms in total. The molecule has 0 aliphatic heterocycles. The van der Waals surface area contributed by atoms with E-state index in [1.165, 1.54) is 11.8 Å². The second kappa shape index (κ2) is 8.09. The molecule has 1 heterocycles. The van der Waals surface area contributed by atoms with Crippen molar-refractivity contribution in [2.45, 2.75) is 57.7 Å². The molecule has 1 amide bonds. The number of H-pyrrole nitrogens is 1. The number of nitrogens with zero attached hydrogens (tertiary/aromatic N) is 1. The molecule has 0 radical (unpaired) electrons. The average molecular weight is 297 g/mol. The highest BCUT2D eigenvalue weighted by atomic mass is 32.2. The molecular weight excluding hydrogens is 274 g/mol. The van der Waals surface area contributed by atoms with E-state index in [0.29, 0.717) is 29.3 Å². The van der Waals surface area contributed by atoms with Gasteiger partial charge in [0.05, 0.1) is 0 Å². The van der Waals surface area contributed by atoms with E-state index in [0.717, 1.165) is 12.8 Å². The fourth-order valence-corrected chi connectivity index (χ4v) is 2.43. The Morgan fingerprint density at radius 1 is 1.40 bits per heavy atom. The van der Waals surface area contributed by atoms with Crippen LogP contribution in [0.25, 0.3) is 0 Å². The summed E-state index contributed by atoms with van der Waals surface area (Å²) >= 11 is 1.40. The summed E-state index contributed by atoms with van der Waals surface area (Å²) in [6.07, 6.45) is 4.45. The Labute approximate surface area is 124 Å². The molecule has 0 atom stereocenters. The van der Waals surface area contributed by atoms with Gasteiger partial charge in [0.1, 0.15) is 0 Å². The Morgan fingerprint density at radius 2 is 2.05 bits per heavy atom. The lowest BCUT2D eigenvalue weighted by molar-refractivity contribution is -0.121. The van der Waals surface area contributed by atoms with Gasteiger partial charge in [0.15, 0.2) is 5.16 Å². The molecule has 20 heavy (non-hydrogen) atoms. The molecule has 1 aromatic heterocycles. The first kappa shape index (κ1) is 16.8. The summed E-state index contributed by atoms with van der Waals surface area (Å²) in [5, 5.41) is 3.58. The zero-order valence-electron chi connectivity index (χ0n) is 12.6. The van der Waals surface area contributed by atoms with Gasteiger partial charge in [0.25, 0.3) is 5.56 Å². The van der Waals surface area contributed by atoms with E-state index in [1.807, 2.05) is 27.0 Å². The molecule has 112 valence electrons. The van der Waals surface area contributed by atoms with E-state index in [9.17, 15) is 9.59 Å². The van der Waals surface area contributed by atoms with Crippen LogP contribution in [0.4, 0.5) is 0 Å². The molecule has 0 unspecified atom stereocenters. The van der Waals surface area contributed by atoms with Crippen LogP contribution < -0.4 is 10.9 Å². The maximum atomic E-state index is 11.9. The van der Waals surface area contributed by atoms with Gasteiger partial charge in [-0.2, -0.15) is 0 Å². The van der Waals surface area contributed by atoms with Gasteiger partial charge in [-0.15, -0.1) is 0 Å². The minimum atomic E-state index is -0.141. The maximum Gasteiger partial charge on any atom is 0.254 e. The van der Waals surface area contributed by atoms with Crippen LogP contribution in [0, 0.1) is 6.92 Å². The monoisotopic (exact) mass is 297 g/mol. The quantitative estimate of drug-likeness (QED) is 0.596. The Balaban J connectivity index is 2.66. The minimum absolute atomic E-state index is 0.00792. The standard InChI is InChI=1S/C14H23N3O2S/c1-5-10(6-2)16-12(18)8-7-11-9(3)15-14(20-4)17-13(11)19/h10H,5-8H2,1-4H3,(H,16,18)(H,15,17,19). The first-order valence-electron chi connectivity index (χ1n) is 6.94. The lowest BCUT2D eigenvalue weighted by atomic mass is 10.1. The van der Waals surface area contributed by atoms with Gasteiger partial charge in [-0.25, -0.2) is 4.98 Å². The summed E-state index contributed by atoms with van der Waals surface area (Å²) in [5.41, 5.74) is 1.16. The van der Waals surface area contributed by atoms with E-state index in [2.05, 4.69) is 15.3 Å². The number of aromatic nitrogens is 2.